The van der Waals surface area contributed by atoms with Crippen molar-refractivity contribution in [1.82, 2.24) is 15.1 Å². The molecule has 1 aliphatic heterocycles. The molecule has 34 heavy (non-hydrogen) atoms. The Balaban J connectivity index is 1.66. The molecule has 0 bridgehead atoms. The summed E-state index contributed by atoms with van der Waals surface area (Å²) < 4.78 is 5.57. The highest BCUT2D eigenvalue weighted by atomic mass is 16.6. The molecule has 186 valence electrons. The first kappa shape index (κ1) is 26.1. The number of β-amino-alcohol motifs (C(OH)–C–C–N with tert-alkyl or cyclic N) is 1. The molecular weight excluding hydrogens is 434 g/mol. The van der Waals surface area contributed by atoms with Gasteiger partial charge in [0.05, 0.1) is 12.2 Å². The Hall–Kier alpha value is -2.55. The van der Waals surface area contributed by atoms with Gasteiger partial charge in [-0.05, 0) is 26.3 Å². The Bertz CT molecular complexity index is 885. The number of nitrogens with one attached hydrogen (secondary N) is 1. The number of piperazine rings is 1. The molecule has 0 aromatic heterocycles. The Morgan fingerprint density at radius 2 is 1.71 bits per heavy atom. The lowest BCUT2D eigenvalue weighted by Gasteiger charge is -2.34. The number of hydrogen-bond donors (Lipinski definition) is 2. The first-order valence-electron chi connectivity index (χ1n) is 12.0. The third-order valence-electron chi connectivity index (χ3n) is 6.24. The minimum absolute atomic E-state index is 0.0378. The van der Waals surface area contributed by atoms with Crippen LogP contribution in [0, 0.1) is 5.92 Å². The molecule has 1 aliphatic carbocycles. The van der Waals surface area contributed by atoms with E-state index in [2.05, 4.69) is 15.1 Å². The molecule has 3 rings (SSSR count). The molecule has 2 unspecified atom stereocenters. The molecule has 0 radical (unpaired) electrons. The molecule has 0 spiro atoms. The van der Waals surface area contributed by atoms with Gasteiger partial charge in [-0.2, -0.15) is 0 Å². The Morgan fingerprint density at radius 3 is 2.29 bits per heavy atom. The van der Waals surface area contributed by atoms with Crippen LogP contribution in [0.2, 0.25) is 0 Å². The summed E-state index contributed by atoms with van der Waals surface area (Å²) in [5.41, 5.74) is 0.0897. The second-order valence-electron chi connectivity index (χ2n) is 9.94. The van der Waals surface area contributed by atoms with Crippen LogP contribution in [0.3, 0.4) is 0 Å². The van der Waals surface area contributed by atoms with E-state index in [9.17, 15) is 14.4 Å². The second-order valence-corrected chi connectivity index (χ2v) is 9.94. The number of ether oxygens (including phenoxy) is 1. The zero-order chi connectivity index (χ0) is 24.7. The molecule has 2 aliphatic rings. The maximum atomic E-state index is 13.4. The van der Waals surface area contributed by atoms with Crippen molar-refractivity contribution in [1.29, 1.82) is 0 Å². The summed E-state index contributed by atoms with van der Waals surface area (Å²) in [7, 11) is 0. The van der Waals surface area contributed by atoms with Gasteiger partial charge in [0.25, 0.3) is 0 Å². The third kappa shape index (κ3) is 6.98. The van der Waals surface area contributed by atoms with E-state index in [4.69, 9.17) is 9.84 Å². The van der Waals surface area contributed by atoms with E-state index in [0.29, 0.717) is 13.1 Å². The summed E-state index contributed by atoms with van der Waals surface area (Å²) in [6.07, 6.45) is 1.56. The zero-order valence-corrected chi connectivity index (χ0v) is 20.5. The molecule has 2 fully saturated rings. The second kappa shape index (κ2) is 11.7. The van der Waals surface area contributed by atoms with Gasteiger partial charge in [-0.3, -0.25) is 24.2 Å². The third-order valence-corrected chi connectivity index (χ3v) is 6.24. The van der Waals surface area contributed by atoms with E-state index in [1.54, 1.807) is 20.8 Å². The van der Waals surface area contributed by atoms with Crippen molar-refractivity contribution in [2.45, 2.75) is 38.7 Å². The fourth-order valence-corrected chi connectivity index (χ4v) is 4.49. The number of nitrogens with zero attached hydrogens (tertiary/aromatic N) is 2. The average molecular weight is 472 g/mol. The summed E-state index contributed by atoms with van der Waals surface area (Å²) in [6, 6.07) is 9.23. The van der Waals surface area contributed by atoms with Gasteiger partial charge in [0.1, 0.15) is 11.5 Å². The molecule has 0 amide bonds. The largest absolute Gasteiger partial charge is 0.459 e. The van der Waals surface area contributed by atoms with Gasteiger partial charge < -0.3 is 15.2 Å². The van der Waals surface area contributed by atoms with E-state index in [0.717, 1.165) is 38.3 Å². The van der Waals surface area contributed by atoms with Crippen molar-refractivity contribution >= 4 is 17.5 Å². The lowest BCUT2D eigenvalue weighted by molar-refractivity contribution is -0.163. The van der Waals surface area contributed by atoms with Crippen molar-refractivity contribution in [3.63, 3.8) is 0 Å². The number of carbonyl (C=O) groups excluding carboxylic acids is 3. The van der Waals surface area contributed by atoms with Gasteiger partial charge in [0.15, 0.2) is 11.6 Å². The van der Waals surface area contributed by atoms with Crippen LogP contribution in [-0.2, 0) is 19.1 Å². The van der Waals surface area contributed by atoms with Crippen LogP contribution >= 0.6 is 0 Å². The quantitative estimate of drug-likeness (QED) is 0.193. The molecule has 8 heteroatoms. The maximum absolute atomic E-state index is 13.4. The number of rotatable bonds is 8. The van der Waals surface area contributed by atoms with Crippen molar-refractivity contribution in [2.24, 2.45) is 5.92 Å². The molecular formula is C26H37N3O5. The number of carbonyl (C=O) groups is 3. The number of allylic oxidation sites excluding steroid dienone is 1. The number of aliphatic hydroxyl groups excluding tert-OH is 1. The Morgan fingerprint density at radius 1 is 1.09 bits per heavy atom. The molecule has 1 saturated carbocycles. The number of aliphatic hydroxyl groups is 1. The van der Waals surface area contributed by atoms with Gasteiger partial charge in [-0.25, -0.2) is 0 Å². The summed E-state index contributed by atoms with van der Waals surface area (Å²) in [5, 5.41) is 12.2. The van der Waals surface area contributed by atoms with Crippen LogP contribution in [0.15, 0.2) is 42.1 Å². The molecule has 2 N–H and O–H groups in total. The Kier molecular flexibility index (Phi) is 8.99. The number of ketones is 2. The van der Waals surface area contributed by atoms with E-state index in [1.807, 2.05) is 30.3 Å². The highest BCUT2D eigenvalue weighted by Crippen LogP contribution is 2.37. The fraction of sp³-hybridized carbons (Fsp3) is 0.577. The first-order valence-corrected chi connectivity index (χ1v) is 12.0. The average Bonchev–Trinajstić information content (AvgIpc) is 2.78. The SMILES string of the molecule is CC(C)(C)OC(=O)C1C(=O)/C(=C\NCCN2CCN(CCO)CC2)C(=O)CC1c1ccccc1. The van der Waals surface area contributed by atoms with Crippen molar-refractivity contribution in [3.8, 4) is 0 Å². The summed E-state index contributed by atoms with van der Waals surface area (Å²) in [5.74, 6) is -2.92. The Labute approximate surface area is 201 Å². The van der Waals surface area contributed by atoms with Gasteiger partial charge in [-0.1, -0.05) is 30.3 Å². The van der Waals surface area contributed by atoms with Gasteiger partial charge >= 0.3 is 5.97 Å². The zero-order valence-electron chi connectivity index (χ0n) is 20.5. The number of hydrogen-bond acceptors (Lipinski definition) is 8. The maximum Gasteiger partial charge on any atom is 0.318 e. The highest BCUT2D eigenvalue weighted by molar-refractivity contribution is 6.27. The number of benzene rings is 1. The van der Waals surface area contributed by atoms with Gasteiger partial charge in [-0.15, -0.1) is 0 Å². The summed E-state index contributed by atoms with van der Waals surface area (Å²) in [4.78, 5) is 43.9. The topological polar surface area (TPSA) is 99.2 Å². The van der Waals surface area contributed by atoms with Crippen molar-refractivity contribution < 1.29 is 24.2 Å². The molecule has 1 aromatic carbocycles. The monoisotopic (exact) mass is 471 g/mol. The minimum atomic E-state index is -1.05. The smallest absolute Gasteiger partial charge is 0.318 e. The highest BCUT2D eigenvalue weighted by Gasteiger charge is 2.46. The van der Waals surface area contributed by atoms with Crippen LogP contribution in [0.1, 0.15) is 38.7 Å². The molecule has 1 aromatic rings. The van der Waals surface area contributed by atoms with Crippen LogP contribution in [0.4, 0.5) is 0 Å². The molecule has 1 heterocycles. The van der Waals surface area contributed by atoms with Crippen LogP contribution in [0.25, 0.3) is 0 Å². The number of Topliss-reactive ketones (excluding diaryl/α,β-unsaturated/α-hetero) is 2. The molecule has 2 atom stereocenters. The fourth-order valence-electron chi connectivity index (χ4n) is 4.49. The first-order chi connectivity index (χ1) is 16.2. The van der Waals surface area contributed by atoms with Gasteiger partial charge in [0, 0.05) is 64.4 Å². The normalized spacial score (nSPS) is 23.8. The van der Waals surface area contributed by atoms with Crippen molar-refractivity contribution in [3.05, 3.63) is 47.7 Å². The lowest BCUT2D eigenvalue weighted by Crippen LogP contribution is -2.48. The van der Waals surface area contributed by atoms with E-state index in [-0.39, 0.29) is 24.4 Å². The van der Waals surface area contributed by atoms with Crippen molar-refractivity contribution in [2.75, 3.05) is 52.4 Å². The summed E-state index contributed by atoms with van der Waals surface area (Å²) >= 11 is 0. The predicted molar refractivity (Wildman–Crippen MR) is 129 cm³/mol. The minimum Gasteiger partial charge on any atom is -0.459 e. The lowest BCUT2D eigenvalue weighted by atomic mass is 9.72. The van der Waals surface area contributed by atoms with Gasteiger partial charge in [0.2, 0.25) is 0 Å². The predicted octanol–water partition coefficient (Wildman–Crippen LogP) is 1.35. The van der Waals surface area contributed by atoms with E-state index in [1.165, 1.54) is 6.20 Å². The summed E-state index contributed by atoms with van der Waals surface area (Å²) in [6.45, 7) is 11.2. The van der Waals surface area contributed by atoms with Crippen LogP contribution in [-0.4, -0.2) is 90.5 Å². The molecule has 1 saturated heterocycles. The van der Waals surface area contributed by atoms with E-state index < -0.39 is 29.2 Å². The van der Waals surface area contributed by atoms with E-state index >= 15 is 0 Å². The number of esters is 1. The standard InChI is InChI=1S/C26H37N3O5/c1-26(2,3)34-25(33)23-20(19-7-5-4-6-8-19)17-22(31)21(24(23)32)18-27-9-10-28-11-13-29(14-12-28)15-16-30/h4-8,18,20,23,27,30H,9-17H2,1-3H3/b21-18-. The van der Waals surface area contributed by atoms with Crippen LogP contribution < -0.4 is 5.32 Å². The van der Waals surface area contributed by atoms with Crippen LogP contribution in [0.5, 0.6) is 0 Å². The molecule has 8 nitrogen and oxygen atoms in total.